The Morgan fingerprint density at radius 3 is 2.52 bits per heavy atom. The van der Waals surface area contributed by atoms with E-state index in [0.717, 1.165) is 5.56 Å². The molecule has 21 heavy (non-hydrogen) atoms. The number of hydrogen-bond donors (Lipinski definition) is 2. The van der Waals surface area contributed by atoms with E-state index < -0.39 is 22.0 Å². The molecule has 0 saturated heterocycles. The standard InChI is InChI=1S/C13H15N3O4S/c1-16-12(7-8-14-16)21(19,20)15-11(13(17)18)9-10-5-3-2-4-6-10/h2-8,11,15H,9H2,1H3,(H,17,18)/t11-/m1/s1. The topological polar surface area (TPSA) is 101 Å². The number of sulfonamides is 1. The monoisotopic (exact) mass is 309 g/mol. The van der Waals surface area contributed by atoms with E-state index in [1.165, 1.54) is 24.0 Å². The van der Waals surface area contributed by atoms with Crippen molar-refractivity contribution in [2.75, 3.05) is 0 Å². The molecule has 1 aromatic heterocycles. The average molecular weight is 309 g/mol. The molecule has 2 rings (SSSR count). The third-order valence-electron chi connectivity index (χ3n) is 2.93. The second kappa shape index (κ2) is 6.06. The number of nitrogens with one attached hydrogen (secondary N) is 1. The van der Waals surface area contributed by atoms with Crippen LogP contribution in [0.25, 0.3) is 0 Å². The molecule has 2 aromatic rings. The molecule has 0 aliphatic rings. The molecule has 1 atom stereocenters. The lowest BCUT2D eigenvalue weighted by atomic mass is 10.1. The van der Waals surface area contributed by atoms with Crippen molar-refractivity contribution in [1.82, 2.24) is 14.5 Å². The molecule has 0 spiro atoms. The van der Waals surface area contributed by atoms with Crippen molar-refractivity contribution in [2.45, 2.75) is 17.5 Å². The Labute approximate surface area is 122 Å². The lowest BCUT2D eigenvalue weighted by Crippen LogP contribution is -2.42. The van der Waals surface area contributed by atoms with Crippen molar-refractivity contribution >= 4 is 16.0 Å². The van der Waals surface area contributed by atoms with Gasteiger partial charge in [-0.1, -0.05) is 30.3 Å². The first-order chi connectivity index (χ1) is 9.90. The number of aliphatic carboxylic acids is 1. The lowest BCUT2D eigenvalue weighted by Gasteiger charge is -2.14. The van der Waals surface area contributed by atoms with Gasteiger partial charge in [0.2, 0.25) is 0 Å². The minimum absolute atomic E-state index is 0.0628. The highest BCUT2D eigenvalue weighted by molar-refractivity contribution is 7.89. The maximum atomic E-state index is 12.2. The van der Waals surface area contributed by atoms with Crippen LogP contribution in [0.15, 0.2) is 47.6 Å². The van der Waals surface area contributed by atoms with Gasteiger partial charge in [-0.2, -0.15) is 9.82 Å². The molecule has 0 aliphatic heterocycles. The summed E-state index contributed by atoms with van der Waals surface area (Å²) in [6.07, 6.45) is 1.40. The molecular weight excluding hydrogens is 294 g/mol. The molecule has 2 N–H and O–H groups in total. The summed E-state index contributed by atoms with van der Waals surface area (Å²) < 4.78 is 27.7. The summed E-state index contributed by atoms with van der Waals surface area (Å²) >= 11 is 0. The molecule has 0 radical (unpaired) electrons. The highest BCUT2D eigenvalue weighted by Crippen LogP contribution is 2.10. The van der Waals surface area contributed by atoms with E-state index in [2.05, 4.69) is 9.82 Å². The van der Waals surface area contributed by atoms with Crippen LogP contribution in [0, 0.1) is 0 Å². The van der Waals surface area contributed by atoms with Crippen LogP contribution >= 0.6 is 0 Å². The molecule has 0 fully saturated rings. The first kappa shape index (κ1) is 15.2. The second-order valence-corrected chi connectivity index (χ2v) is 6.16. The molecule has 8 heteroatoms. The van der Waals surface area contributed by atoms with E-state index in [4.69, 9.17) is 0 Å². The zero-order valence-corrected chi connectivity index (χ0v) is 12.1. The fourth-order valence-corrected chi connectivity index (χ4v) is 3.22. The Kier molecular flexibility index (Phi) is 4.39. The zero-order valence-electron chi connectivity index (χ0n) is 11.3. The molecule has 0 unspecified atom stereocenters. The quantitative estimate of drug-likeness (QED) is 0.804. The average Bonchev–Trinajstić information content (AvgIpc) is 2.86. The van der Waals surface area contributed by atoms with Crippen LogP contribution in [0.4, 0.5) is 0 Å². The van der Waals surface area contributed by atoms with Crippen LogP contribution in [0.2, 0.25) is 0 Å². The van der Waals surface area contributed by atoms with Gasteiger partial charge in [0.1, 0.15) is 6.04 Å². The number of nitrogens with zero attached hydrogens (tertiary/aromatic N) is 2. The van der Waals surface area contributed by atoms with Crippen molar-refractivity contribution in [2.24, 2.45) is 7.05 Å². The normalized spacial score (nSPS) is 13.0. The van der Waals surface area contributed by atoms with E-state index in [9.17, 15) is 18.3 Å². The van der Waals surface area contributed by atoms with Gasteiger partial charge in [0.05, 0.1) is 6.20 Å². The summed E-state index contributed by atoms with van der Waals surface area (Å²) in [4.78, 5) is 11.3. The third kappa shape index (κ3) is 3.67. The fraction of sp³-hybridized carbons (Fsp3) is 0.231. The minimum Gasteiger partial charge on any atom is -0.480 e. The maximum Gasteiger partial charge on any atom is 0.322 e. The molecule has 7 nitrogen and oxygen atoms in total. The van der Waals surface area contributed by atoms with Gasteiger partial charge in [-0.15, -0.1) is 0 Å². The van der Waals surface area contributed by atoms with Gasteiger partial charge in [-0.3, -0.25) is 9.48 Å². The second-order valence-electron chi connectivity index (χ2n) is 4.49. The molecular formula is C13H15N3O4S. The summed E-state index contributed by atoms with van der Waals surface area (Å²) in [6, 6.07) is 8.89. The summed E-state index contributed by atoms with van der Waals surface area (Å²) in [5.74, 6) is -1.23. The molecule has 0 saturated carbocycles. The highest BCUT2D eigenvalue weighted by atomic mass is 32.2. The van der Waals surface area contributed by atoms with Crippen LogP contribution in [0.1, 0.15) is 5.56 Å². The molecule has 0 amide bonds. The Morgan fingerprint density at radius 2 is 2.00 bits per heavy atom. The van der Waals surface area contributed by atoms with Crippen molar-refractivity contribution in [3.63, 3.8) is 0 Å². The van der Waals surface area contributed by atoms with E-state index in [1.54, 1.807) is 30.3 Å². The Morgan fingerprint density at radius 1 is 1.33 bits per heavy atom. The molecule has 1 aromatic carbocycles. The van der Waals surface area contributed by atoms with Crippen molar-refractivity contribution in [1.29, 1.82) is 0 Å². The summed E-state index contributed by atoms with van der Waals surface area (Å²) in [5, 5.41) is 12.9. The molecule has 112 valence electrons. The van der Waals surface area contributed by atoms with Crippen LogP contribution in [-0.2, 0) is 28.3 Å². The van der Waals surface area contributed by atoms with E-state index in [0.29, 0.717) is 0 Å². The van der Waals surface area contributed by atoms with E-state index in [-0.39, 0.29) is 11.4 Å². The number of carboxylic acid groups (broad SMARTS) is 1. The van der Waals surface area contributed by atoms with E-state index in [1.807, 2.05) is 0 Å². The van der Waals surface area contributed by atoms with Gasteiger partial charge in [0.15, 0.2) is 5.03 Å². The fourth-order valence-electron chi connectivity index (χ4n) is 1.90. The summed E-state index contributed by atoms with van der Waals surface area (Å²) in [7, 11) is -2.47. The third-order valence-corrected chi connectivity index (χ3v) is 4.48. The van der Waals surface area contributed by atoms with Crippen molar-refractivity contribution in [3.05, 3.63) is 48.2 Å². The SMILES string of the molecule is Cn1nccc1S(=O)(=O)N[C@H](Cc1ccccc1)C(=O)O. The predicted molar refractivity (Wildman–Crippen MR) is 75.1 cm³/mol. The number of aryl methyl sites for hydroxylation is 1. The highest BCUT2D eigenvalue weighted by Gasteiger charge is 2.27. The minimum atomic E-state index is -3.94. The van der Waals surface area contributed by atoms with Crippen LogP contribution in [-0.4, -0.2) is 35.3 Å². The molecule has 0 bridgehead atoms. The van der Waals surface area contributed by atoms with Gasteiger partial charge >= 0.3 is 5.97 Å². The molecule has 0 aliphatic carbocycles. The number of benzene rings is 1. The summed E-state index contributed by atoms with van der Waals surface area (Å²) in [5.41, 5.74) is 0.734. The van der Waals surface area contributed by atoms with E-state index >= 15 is 0 Å². The molecule has 1 heterocycles. The van der Waals surface area contributed by atoms with Crippen LogP contribution < -0.4 is 4.72 Å². The number of rotatable bonds is 6. The van der Waals surface area contributed by atoms with Gasteiger partial charge < -0.3 is 5.11 Å². The number of aromatic nitrogens is 2. The lowest BCUT2D eigenvalue weighted by molar-refractivity contribution is -0.138. The van der Waals surface area contributed by atoms with Crippen molar-refractivity contribution < 1.29 is 18.3 Å². The van der Waals surface area contributed by atoms with Gasteiger partial charge in [0.25, 0.3) is 10.0 Å². The first-order valence-corrected chi connectivity index (χ1v) is 7.65. The van der Waals surface area contributed by atoms with Crippen LogP contribution in [0.5, 0.6) is 0 Å². The van der Waals surface area contributed by atoms with Gasteiger partial charge in [0, 0.05) is 7.05 Å². The number of carbonyl (C=O) groups is 1. The Bertz CT molecular complexity index is 725. The maximum absolute atomic E-state index is 12.2. The largest absolute Gasteiger partial charge is 0.480 e. The van der Waals surface area contributed by atoms with Gasteiger partial charge in [-0.05, 0) is 18.1 Å². The first-order valence-electron chi connectivity index (χ1n) is 6.17. The zero-order chi connectivity index (χ0) is 15.5. The van der Waals surface area contributed by atoms with Crippen molar-refractivity contribution in [3.8, 4) is 0 Å². The Hall–Kier alpha value is -2.19. The van der Waals surface area contributed by atoms with Gasteiger partial charge in [-0.25, -0.2) is 8.42 Å². The number of carboxylic acids is 1. The number of hydrogen-bond acceptors (Lipinski definition) is 4. The summed E-state index contributed by atoms with van der Waals surface area (Å²) in [6.45, 7) is 0. The van der Waals surface area contributed by atoms with Crippen LogP contribution in [0.3, 0.4) is 0 Å². The smallest absolute Gasteiger partial charge is 0.322 e. The Balaban J connectivity index is 2.21. The predicted octanol–water partition coefficient (Wildman–Crippen LogP) is 0.394.